The van der Waals surface area contributed by atoms with Crippen molar-refractivity contribution in [2.45, 2.75) is 12.8 Å². The lowest BCUT2D eigenvalue weighted by atomic mass is 9.89. The van der Waals surface area contributed by atoms with E-state index in [4.69, 9.17) is 0 Å². The van der Waals surface area contributed by atoms with Crippen LogP contribution >= 0.6 is 0 Å². The fraction of sp³-hybridized carbons (Fsp3) is 0.381. The van der Waals surface area contributed by atoms with Crippen molar-refractivity contribution >= 4 is 5.78 Å². The van der Waals surface area contributed by atoms with E-state index in [1.54, 1.807) is 0 Å². The van der Waals surface area contributed by atoms with Crippen LogP contribution in [0.3, 0.4) is 0 Å². The molecule has 1 fully saturated rings. The second kappa shape index (κ2) is 7.73. The molecule has 0 aromatic heterocycles. The fourth-order valence-corrected chi connectivity index (χ4v) is 3.23. The molecule has 0 saturated carbocycles. The van der Waals surface area contributed by atoms with E-state index in [1.165, 1.54) is 5.56 Å². The van der Waals surface area contributed by atoms with Gasteiger partial charge in [0.15, 0.2) is 5.78 Å². The normalized spacial score (nSPS) is 17.6. The molecule has 126 valence electrons. The predicted octanol–water partition coefficient (Wildman–Crippen LogP) is 3.21. The molecule has 0 amide bonds. The van der Waals surface area contributed by atoms with Crippen LogP contribution in [0.4, 0.5) is 0 Å². The number of likely N-dealkylation sites (N-methyl/N-ethyl adjacent to an activating group) is 1. The molecule has 1 saturated heterocycles. The molecule has 1 atom stereocenters. The number of Topliss-reactive ketones (excluding diaryl/α,β-unsaturated/α-hetero) is 1. The summed E-state index contributed by atoms with van der Waals surface area (Å²) in [7, 11) is 2.16. The maximum atomic E-state index is 13.2. The van der Waals surface area contributed by atoms with E-state index in [2.05, 4.69) is 29.0 Å². The fourth-order valence-electron chi connectivity index (χ4n) is 3.23. The third-order valence-corrected chi connectivity index (χ3v) is 4.89. The van der Waals surface area contributed by atoms with Gasteiger partial charge in [0, 0.05) is 38.3 Å². The van der Waals surface area contributed by atoms with Gasteiger partial charge in [0.1, 0.15) is 0 Å². The van der Waals surface area contributed by atoms with Gasteiger partial charge in [-0.2, -0.15) is 0 Å². The monoisotopic (exact) mass is 322 g/mol. The number of nitrogens with zero attached hydrogens (tertiary/aromatic N) is 2. The van der Waals surface area contributed by atoms with Gasteiger partial charge in [-0.3, -0.25) is 9.69 Å². The Labute approximate surface area is 144 Å². The third-order valence-electron chi connectivity index (χ3n) is 4.89. The highest BCUT2D eigenvalue weighted by atomic mass is 16.1. The van der Waals surface area contributed by atoms with Crippen LogP contribution in [0, 0.1) is 6.92 Å². The van der Waals surface area contributed by atoms with E-state index >= 15 is 0 Å². The zero-order valence-electron chi connectivity index (χ0n) is 14.6. The molecule has 0 radical (unpaired) electrons. The Hall–Kier alpha value is -1.97. The number of benzene rings is 2. The van der Waals surface area contributed by atoms with E-state index < -0.39 is 0 Å². The van der Waals surface area contributed by atoms with Gasteiger partial charge in [-0.1, -0.05) is 60.2 Å². The Kier molecular flexibility index (Phi) is 5.44. The predicted molar refractivity (Wildman–Crippen MR) is 98.6 cm³/mol. The largest absolute Gasteiger partial charge is 0.304 e. The molecule has 1 aliphatic rings. The summed E-state index contributed by atoms with van der Waals surface area (Å²) in [4.78, 5) is 17.9. The Morgan fingerprint density at radius 2 is 1.58 bits per heavy atom. The molecule has 24 heavy (non-hydrogen) atoms. The topological polar surface area (TPSA) is 23.6 Å². The second-order valence-electron chi connectivity index (χ2n) is 6.80. The molecular formula is C21H26N2O. The molecule has 0 bridgehead atoms. The first-order chi connectivity index (χ1) is 11.6. The molecule has 0 aliphatic carbocycles. The number of aryl methyl sites for hydroxylation is 1. The van der Waals surface area contributed by atoms with Crippen molar-refractivity contribution in [3.05, 3.63) is 71.3 Å². The summed E-state index contributed by atoms with van der Waals surface area (Å²) in [6, 6.07) is 18.2. The highest BCUT2D eigenvalue weighted by Gasteiger charge is 2.26. The summed E-state index contributed by atoms with van der Waals surface area (Å²) in [5.41, 5.74) is 3.10. The Balaban J connectivity index is 1.82. The van der Waals surface area contributed by atoms with Gasteiger partial charge in [-0.25, -0.2) is 0 Å². The number of piperazine rings is 1. The highest BCUT2D eigenvalue weighted by molar-refractivity contribution is 6.01. The average Bonchev–Trinajstić information content (AvgIpc) is 2.62. The number of carbonyl (C=O) groups excluding carboxylic acids is 1. The first-order valence-electron chi connectivity index (χ1n) is 8.70. The van der Waals surface area contributed by atoms with Gasteiger partial charge in [-0.05, 0) is 19.5 Å². The van der Waals surface area contributed by atoms with Crippen molar-refractivity contribution in [3.8, 4) is 0 Å². The maximum absolute atomic E-state index is 13.2. The Morgan fingerprint density at radius 3 is 2.21 bits per heavy atom. The molecule has 1 unspecified atom stereocenters. The van der Waals surface area contributed by atoms with Gasteiger partial charge in [-0.15, -0.1) is 0 Å². The first kappa shape index (κ1) is 16.9. The van der Waals surface area contributed by atoms with Crippen LogP contribution in [-0.4, -0.2) is 55.4 Å². The van der Waals surface area contributed by atoms with Crippen LogP contribution in [-0.2, 0) is 0 Å². The molecular weight excluding hydrogens is 296 g/mol. The lowest BCUT2D eigenvalue weighted by molar-refractivity contribution is 0.0903. The van der Waals surface area contributed by atoms with Gasteiger partial charge in [0.2, 0.25) is 0 Å². The molecule has 0 spiro atoms. The van der Waals surface area contributed by atoms with E-state index in [1.807, 2.05) is 49.4 Å². The summed E-state index contributed by atoms with van der Waals surface area (Å²) in [6.45, 7) is 7.04. The minimum Gasteiger partial charge on any atom is -0.304 e. The van der Waals surface area contributed by atoms with E-state index in [9.17, 15) is 4.79 Å². The van der Waals surface area contributed by atoms with Crippen LogP contribution < -0.4 is 0 Å². The standard InChI is InChI=1S/C21H26N2O/c1-17-8-10-19(11-9-17)21(24)20(18-6-4-3-5-7-18)16-23-14-12-22(2)13-15-23/h3-11,20H,12-16H2,1-2H3. The Bertz CT molecular complexity index is 658. The van der Waals surface area contributed by atoms with E-state index in [-0.39, 0.29) is 11.7 Å². The van der Waals surface area contributed by atoms with Crippen molar-refractivity contribution in [1.29, 1.82) is 0 Å². The van der Waals surface area contributed by atoms with Crippen molar-refractivity contribution in [2.75, 3.05) is 39.8 Å². The van der Waals surface area contributed by atoms with E-state index in [0.29, 0.717) is 0 Å². The number of ketones is 1. The lowest BCUT2D eigenvalue weighted by Gasteiger charge is -2.34. The van der Waals surface area contributed by atoms with Gasteiger partial charge in [0.25, 0.3) is 0 Å². The van der Waals surface area contributed by atoms with Crippen molar-refractivity contribution in [1.82, 2.24) is 9.80 Å². The van der Waals surface area contributed by atoms with E-state index in [0.717, 1.165) is 43.9 Å². The number of hydrogen-bond donors (Lipinski definition) is 0. The maximum Gasteiger partial charge on any atom is 0.171 e. The van der Waals surface area contributed by atoms with Gasteiger partial charge < -0.3 is 4.90 Å². The quantitative estimate of drug-likeness (QED) is 0.790. The SMILES string of the molecule is Cc1ccc(C(=O)C(CN2CCN(C)CC2)c2ccccc2)cc1. The van der Waals surface area contributed by atoms with Gasteiger partial charge >= 0.3 is 0 Å². The molecule has 1 heterocycles. The minimum absolute atomic E-state index is 0.0997. The van der Waals surface area contributed by atoms with Crippen molar-refractivity contribution in [2.24, 2.45) is 0 Å². The molecule has 3 nitrogen and oxygen atoms in total. The smallest absolute Gasteiger partial charge is 0.171 e. The Morgan fingerprint density at radius 1 is 0.958 bits per heavy atom. The number of carbonyl (C=O) groups is 1. The summed E-state index contributed by atoms with van der Waals surface area (Å²) >= 11 is 0. The highest BCUT2D eigenvalue weighted by Crippen LogP contribution is 2.23. The summed E-state index contributed by atoms with van der Waals surface area (Å²) in [5, 5.41) is 0. The van der Waals surface area contributed by atoms with Gasteiger partial charge in [0.05, 0.1) is 5.92 Å². The minimum atomic E-state index is -0.0997. The summed E-state index contributed by atoms with van der Waals surface area (Å²) < 4.78 is 0. The molecule has 2 aromatic carbocycles. The number of hydrogen-bond acceptors (Lipinski definition) is 3. The van der Waals surface area contributed by atoms with Crippen molar-refractivity contribution < 1.29 is 4.79 Å². The zero-order chi connectivity index (χ0) is 16.9. The molecule has 3 rings (SSSR count). The van der Waals surface area contributed by atoms with Crippen LogP contribution in [0.2, 0.25) is 0 Å². The molecule has 2 aromatic rings. The third kappa shape index (κ3) is 4.11. The summed E-state index contributed by atoms with van der Waals surface area (Å²) in [5.74, 6) is 0.123. The zero-order valence-corrected chi connectivity index (χ0v) is 14.6. The lowest BCUT2D eigenvalue weighted by Crippen LogP contribution is -2.46. The number of rotatable bonds is 5. The van der Waals surface area contributed by atoms with Crippen LogP contribution in [0.1, 0.15) is 27.4 Å². The molecule has 1 aliphatic heterocycles. The van der Waals surface area contributed by atoms with Crippen molar-refractivity contribution in [3.63, 3.8) is 0 Å². The second-order valence-corrected chi connectivity index (χ2v) is 6.80. The first-order valence-corrected chi connectivity index (χ1v) is 8.70. The summed E-state index contributed by atoms with van der Waals surface area (Å²) in [6.07, 6.45) is 0. The van der Waals surface area contributed by atoms with Crippen LogP contribution in [0.25, 0.3) is 0 Å². The molecule has 3 heteroatoms. The van der Waals surface area contributed by atoms with Crippen LogP contribution in [0.15, 0.2) is 54.6 Å². The van der Waals surface area contributed by atoms with Crippen LogP contribution in [0.5, 0.6) is 0 Å². The molecule has 0 N–H and O–H groups in total. The average molecular weight is 322 g/mol.